The molecule has 510 valence electrons. The number of hydrogen-bond donors (Lipinski definition) is 3. The van der Waals surface area contributed by atoms with Gasteiger partial charge in [-0.15, -0.1) is 0 Å². The number of anilines is 6. The maximum absolute atomic E-state index is 14.2. The molecule has 0 aliphatic carbocycles. The van der Waals surface area contributed by atoms with Crippen LogP contribution < -0.4 is 49.9 Å². The number of aliphatic hydroxyl groups excluding tert-OH is 1. The fourth-order valence-electron chi connectivity index (χ4n) is 11.7. The van der Waals surface area contributed by atoms with Gasteiger partial charge in [0.05, 0.1) is 129 Å². The zero-order valence-corrected chi connectivity index (χ0v) is 57.3. The van der Waals surface area contributed by atoms with Crippen LogP contribution in [0.3, 0.4) is 0 Å². The van der Waals surface area contributed by atoms with Crippen molar-refractivity contribution < 1.29 is 33.2 Å². The molecule has 98 heavy (non-hydrogen) atoms. The summed E-state index contributed by atoms with van der Waals surface area (Å²) in [6.45, 7) is 9.95. The van der Waals surface area contributed by atoms with Gasteiger partial charge in [-0.25, -0.2) is 19.3 Å². The smallest absolute Gasteiger partial charge is 0.128 e. The summed E-state index contributed by atoms with van der Waals surface area (Å²) in [5.74, 6) is 3.00. The molecule has 6 aromatic carbocycles. The molecule has 0 saturated carbocycles. The summed E-state index contributed by atoms with van der Waals surface area (Å²) in [5.41, 5.74) is 27.0. The largest absolute Gasteiger partial charge is 0.497 e. The number of nitrogens with two attached hydrogens (primary N) is 2. The Morgan fingerprint density at radius 3 is 1.31 bits per heavy atom. The van der Waals surface area contributed by atoms with Crippen molar-refractivity contribution >= 4 is 80.7 Å². The molecule has 1 saturated heterocycles. The van der Waals surface area contributed by atoms with E-state index in [4.69, 9.17) is 50.1 Å². The summed E-state index contributed by atoms with van der Waals surface area (Å²) in [6.07, 6.45) is 18.6. The Balaban J connectivity index is 0.000000159. The van der Waals surface area contributed by atoms with E-state index in [0.29, 0.717) is 55.7 Å². The highest BCUT2D eigenvalue weighted by atomic mass is 32.1. The standard InChI is InChI=1S/C27H32N6O3.C23H26N6O2.C22H23FN6O.H2S/c1-31-17-19(15-29-31)27-16-28-25-7-6-20(13-26(25)30-27)33(10-9-32-8-4-5-21(32)18-34)22-11-23(35-2)14-24(12-22)36-3;1-4-28-15-16(13-26-28)23-14-25-21-6-5-17(11-22(21)27-23)29(8-7-24)18-9-19(30-2)12-20(10-18)31-3;1-3-30-19-9-16(23)8-18(10-19)29(7-6-24)17-4-5-20-21(11-17)27-22(13-25-20)15-12-26-28(2)14-15;/h6-7,11-17,21,34H,4-5,8-10,18H2,1-3H3;5-6,9-15H,4,7-8,24H2,1-3H3;4-5,8-14H,3,6-7,24H2,1-2H3;1H2/t21-;;;/m0.../s1. The zero-order valence-electron chi connectivity index (χ0n) is 56.3. The predicted molar refractivity (Wildman–Crippen MR) is 388 cm³/mol. The zero-order chi connectivity index (χ0) is 68.0. The number of aromatic nitrogens is 12. The second-order valence-corrected chi connectivity index (χ2v) is 22.9. The van der Waals surface area contributed by atoms with Crippen molar-refractivity contribution in [2.24, 2.45) is 25.6 Å². The summed E-state index contributed by atoms with van der Waals surface area (Å²) >= 11 is 0. The molecule has 24 nitrogen and oxygen atoms in total. The van der Waals surface area contributed by atoms with Crippen LogP contribution in [0.5, 0.6) is 28.7 Å². The Morgan fingerprint density at radius 1 is 0.500 bits per heavy atom. The lowest BCUT2D eigenvalue weighted by molar-refractivity contribution is 0.162. The minimum atomic E-state index is -0.364. The van der Waals surface area contributed by atoms with E-state index < -0.39 is 0 Å². The Bertz CT molecular complexity index is 4590. The van der Waals surface area contributed by atoms with Gasteiger partial charge in [-0.05, 0) is 93.9 Å². The summed E-state index contributed by atoms with van der Waals surface area (Å²) in [7, 11) is 10.3. The summed E-state index contributed by atoms with van der Waals surface area (Å²) in [6, 6.07) is 34.5. The van der Waals surface area contributed by atoms with Gasteiger partial charge in [-0.3, -0.25) is 33.9 Å². The summed E-state index contributed by atoms with van der Waals surface area (Å²) in [4.78, 5) is 36.9. The molecular formula is C72H83FN18O6S. The highest BCUT2D eigenvalue weighted by Crippen LogP contribution is 2.38. The van der Waals surface area contributed by atoms with Gasteiger partial charge in [0.15, 0.2) is 0 Å². The first-order valence-corrected chi connectivity index (χ1v) is 32.1. The molecule has 26 heteroatoms. The molecule has 0 radical (unpaired) electrons. The first-order chi connectivity index (χ1) is 47.3. The average Bonchev–Trinajstić information content (AvgIpc) is 0.908. The van der Waals surface area contributed by atoms with E-state index in [1.807, 2.05) is 140 Å². The minimum Gasteiger partial charge on any atom is -0.497 e. The van der Waals surface area contributed by atoms with E-state index in [1.165, 1.54) is 12.1 Å². The predicted octanol–water partition coefficient (Wildman–Crippen LogP) is 11.0. The quantitative estimate of drug-likeness (QED) is 0.0508. The second kappa shape index (κ2) is 33.0. The lowest BCUT2D eigenvalue weighted by Gasteiger charge is -2.30. The van der Waals surface area contributed by atoms with Crippen LogP contribution >= 0.6 is 13.5 Å². The number of methoxy groups -OCH3 is 4. The molecule has 6 aromatic heterocycles. The summed E-state index contributed by atoms with van der Waals surface area (Å²) < 4.78 is 47.0. The van der Waals surface area contributed by atoms with E-state index in [0.717, 1.165) is 146 Å². The van der Waals surface area contributed by atoms with Gasteiger partial charge in [0.1, 0.15) is 34.6 Å². The van der Waals surface area contributed by atoms with E-state index in [1.54, 1.807) is 68.8 Å². The Labute approximate surface area is 575 Å². The third kappa shape index (κ3) is 16.8. The first kappa shape index (κ1) is 70.3. The minimum absolute atomic E-state index is 0. The average molecular weight is 1350 g/mol. The molecule has 0 spiro atoms. The fourth-order valence-corrected chi connectivity index (χ4v) is 11.7. The molecule has 1 atom stereocenters. The molecule has 7 heterocycles. The van der Waals surface area contributed by atoms with Crippen molar-refractivity contribution in [1.29, 1.82) is 0 Å². The van der Waals surface area contributed by atoms with Crippen molar-refractivity contribution in [3.63, 3.8) is 0 Å². The molecule has 0 unspecified atom stereocenters. The summed E-state index contributed by atoms with van der Waals surface area (Å²) in [5, 5.41) is 22.6. The van der Waals surface area contributed by atoms with Gasteiger partial charge in [0.25, 0.3) is 0 Å². The van der Waals surface area contributed by atoms with Crippen LogP contribution in [0.25, 0.3) is 66.9 Å². The normalized spacial score (nSPS) is 12.7. The number of ether oxygens (including phenoxy) is 5. The third-order valence-electron chi connectivity index (χ3n) is 16.6. The topological polar surface area (TPSA) is 262 Å². The van der Waals surface area contributed by atoms with Crippen LogP contribution in [0, 0.1) is 5.82 Å². The number of nitrogens with zero attached hydrogens (tertiary/aromatic N) is 16. The van der Waals surface area contributed by atoms with Crippen LogP contribution in [0.4, 0.5) is 38.5 Å². The van der Waals surface area contributed by atoms with E-state index in [2.05, 4.69) is 64.0 Å². The monoisotopic (exact) mass is 1350 g/mol. The van der Waals surface area contributed by atoms with E-state index in [9.17, 15) is 9.50 Å². The number of aryl methyl sites for hydroxylation is 3. The highest BCUT2D eigenvalue weighted by molar-refractivity contribution is 7.59. The molecule has 13 rings (SSSR count). The van der Waals surface area contributed by atoms with Crippen molar-refractivity contribution in [3.05, 3.63) is 171 Å². The van der Waals surface area contributed by atoms with E-state index >= 15 is 0 Å². The number of halogens is 1. The molecule has 0 amide bonds. The fraction of sp³-hybridized carbons (Fsp3) is 0.292. The molecule has 5 N–H and O–H groups in total. The van der Waals surface area contributed by atoms with Crippen LogP contribution in [0.1, 0.15) is 26.7 Å². The van der Waals surface area contributed by atoms with Gasteiger partial charge in [0, 0.05) is 184 Å². The van der Waals surface area contributed by atoms with Crippen molar-refractivity contribution in [1.82, 2.24) is 64.1 Å². The van der Waals surface area contributed by atoms with Gasteiger partial charge in [0.2, 0.25) is 0 Å². The van der Waals surface area contributed by atoms with Crippen LogP contribution in [0.2, 0.25) is 0 Å². The van der Waals surface area contributed by atoms with Crippen LogP contribution in [-0.4, -0.2) is 163 Å². The van der Waals surface area contributed by atoms with Crippen LogP contribution in [-0.2, 0) is 20.6 Å². The number of aliphatic hydroxyl groups is 1. The first-order valence-electron chi connectivity index (χ1n) is 32.1. The Hall–Kier alpha value is -10.5. The number of likely N-dealkylation sites (tertiary alicyclic amines) is 1. The number of hydrogen-bond acceptors (Lipinski definition) is 21. The number of benzene rings is 6. The maximum atomic E-state index is 14.2. The van der Waals surface area contributed by atoms with Gasteiger partial charge in [-0.2, -0.15) is 28.8 Å². The lowest BCUT2D eigenvalue weighted by atomic mass is 10.2. The lowest BCUT2D eigenvalue weighted by Crippen LogP contribution is -2.38. The molecule has 1 aliphatic heterocycles. The Morgan fingerprint density at radius 2 is 0.918 bits per heavy atom. The van der Waals surface area contributed by atoms with Gasteiger partial charge < -0.3 is 55.0 Å². The SMILES string of the molecule is CCOc1cc(F)cc(N(CCN)c2ccc3ncc(-c4cnn(C)c4)nc3c2)c1.CCn1cc(-c2cnc3ccc(N(CCN)c4cc(OC)cc(OC)c4)cc3n2)cn1.COc1cc(OC)cc(N(CCN2CCC[C@H]2CO)c2ccc3ncc(-c4cnn(C)c4)nc3c2)c1.S. The molecule has 0 bridgehead atoms. The molecule has 1 fully saturated rings. The van der Waals surface area contributed by atoms with Crippen LogP contribution in [0.15, 0.2) is 165 Å². The Kier molecular flexibility index (Phi) is 23.6. The van der Waals surface area contributed by atoms with Crippen molar-refractivity contribution in [2.75, 3.05) is 102 Å². The number of fused-ring (bicyclic) bond motifs is 3. The van der Waals surface area contributed by atoms with Crippen molar-refractivity contribution in [2.45, 2.75) is 39.3 Å². The maximum Gasteiger partial charge on any atom is 0.128 e. The van der Waals surface area contributed by atoms with Gasteiger partial charge >= 0.3 is 0 Å². The van der Waals surface area contributed by atoms with E-state index in [-0.39, 0.29) is 32.0 Å². The highest BCUT2D eigenvalue weighted by Gasteiger charge is 2.25. The molecular weight excluding hydrogens is 1260 g/mol. The molecule has 1 aliphatic rings. The number of rotatable bonds is 24. The molecule has 12 aromatic rings. The van der Waals surface area contributed by atoms with Crippen molar-refractivity contribution in [3.8, 4) is 62.5 Å². The third-order valence-corrected chi connectivity index (χ3v) is 16.6. The van der Waals surface area contributed by atoms with Gasteiger partial charge in [-0.1, -0.05) is 0 Å². The second-order valence-electron chi connectivity index (χ2n) is 22.9.